The molecule has 0 spiro atoms. The highest BCUT2D eigenvalue weighted by Gasteiger charge is 2.02. The third kappa shape index (κ3) is 4.48. The number of rotatable bonds is 5. The van der Waals surface area contributed by atoms with E-state index in [1.807, 2.05) is 0 Å². The SMILES string of the molecule is NCCOCC(=O)Nc1ccc(F)cn1. The molecule has 15 heavy (non-hydrogen) atoms. The van der Waals surface area contributed by atoms with E-state index in [0.29, 0.717) is 13.2 Å². The molecule has 1 rings (SSSR count). The average molecular weight is 213 g/mol. The van der Waals surface area contributed by atoms with Gasteiger partial charge in [-0.2, -0.15) is 0 Å². The lowest BCUT2D eigenvalue weighted by molar-refractivity contribution is -0.120. The summed E-state index contributed by atoms with van der Waals surface area (Å²) in [4.78, 5) is 14.8. The van der Waals surface area contributed by atoms with E-state index in [9.17, 15) is 9.18 Å². The minimum atomic E-state index is -0.451. The number of ether oxygens (including phenoxy) is 1. The van der Waals surface area contributed by atoms with Crippen molar-refractivity contribution in [3.8, 4) is 0 Å². The number of nitrogens with two attached hydrogens (primary N) is 1. The van der Waals surface area contributed by atoms with Gasteiger partial charge >= 0.3 is 0 Å². The standard InChI is InChI=1S/C9H12FN3O2/c10-7-1-2-8(12-5-7)13-9(14)6-15-4-3-11/h1-2,5H,3-4,6,11H2,(H,12,13,14). The normalized spacial score (nSPS) is 10.0. The van der Waals surface area contributed by atoms with Crippen LogP contribution in [0.2, 0.25) is 0 Å². The zero-order chi connectivity index (χ0) is 11.1. The van der Waals surface area contributed by atoms with Crippen molar-refractivity contribution in [2.24, 2.45) is 5.73 Å². The van der Waals surface area contributed by atoms with E-state index in [2.05, 4.69) is 10.3 Å². The number of hydrogen-bond acceptors (Lipinski definition) is 4. The Hall–Kier alpha value is -1.53. The largest absolute Gasteiger partial charge is 0.370 e. The van der Waals surface area contributed by atoms with Gasteiger partial charge in [0.15, 0.2) is 0 Å². The Labute approximate surface area is 86.4 Å². The van der Waals surface area contributed by atoms with Gasteiger partial charge in [0, 0.05) is 6.54 Å². The van der Waals surface area contributed by atoms with Gasteiger partial charge in [0.05, 0.1) is 12.8 Å². The zero-order valence-corrected chi connectivity index (χ0v) is 8.07. The van der Waals surface area contributed by atoms with Crippen molar-refractivity contribution in [1.29, 1.82) is 0 Å². The van der Waals surface area contributed by atoms with Crippen molar-refractivity contribution in [3.63, 3.8) is 0 Å². The molecule has 82 valence electrons. The van der Waals surface area contributed by atoms with Gasteiger partial charge in [-0.15, -0.1) is 0 Å². The maximum Gasteiger partial charge on any atom is 0.251 e. The molecule has 0 fully saturated rings. The number of aromatic nitrogens is 1. The molecule has 1 aromatic rings. The van der Waals surface area contributed by atoms with Crippen molar-refractivity contribution in [1.82, 2.24) is 4.98 Å². The van der Waals surface area contributed by atoms with Crippen molar-refractivity contribution < 1.29 is 13.9 Å². The number of amides is 1. The van der Waals surface area contributed by atoms with Crippen LogP contribution in [-0.4, -0.2) is 30.6 Å². The molecule has 0 atom stereocenters. The minimum Gasteiger partial charge on any atom is -0.370 e. The van der Waals surface area contributed by atoms with Gasteiger partial charge in [0.1, 0.15) is 18.2 Å². The van der Waals surface area contributed by atoms with Crippen LogP contribution in [0.5, 0.6) is 0 Å². The van der Waals surface area contributed by atoms with Gasteiger partial charge in [-0.3, -0.25) is 4.79 Å². The summed E-state index contributed by atoms with van der Waals surface area (Å²) in [5, 5.41) is 2.45. The van der Waals surface area contributed by atoms with Crippen LogP contribution in [0.4, 0.5) is 10.2 Å². The summed E-state index contributed by atoms with van der Waals surface area (Å²) in [5.74, 6) is -0.507. The fraction of sp³-hybridized carbons (Fsp3) is 0.333. The van der Waals surface area contributed by atoms with Gasteiger partial charge in [-0.25, -0.2) is 9.37 Å². The van der Waals surface area contributed by atoms with Gasteiger partial charge in [0.2, 0.25) is 0 Å². The summed E-state index contributed by atoms with van der Waals surface area (Å²) in [7, 11) is 0. The zero-order valence-electron chi connectivity index (χ0n) is 8.07. The van der Waals surface area contributed by atoms with Gasteiger partial charge in [-0.05, 0) is 12.1 Å². The molecule has 0 saturated carbocycles. The lowest BCUT2D eigenvalue weighted by atomic mass is 10.4. The van der Waals surface area contributed by atoms with Crippen LogP contribution in [-0.2, 0) is 9.53 Å². The number of nitrogens with zero attached hydrogens (tertiary/aromatic N) is 1. The summed E-state index contributed by atoms with van der Waals surface area (Å²) < 4.78 is 17.4. The molecular weight excluding hydrogens is 201 g/mol. The molecule has 3 N–H and O–H groups in total. The quantitative estimate of drug-likeness (QED) is 0.682. The first-order valence-electron chi connectivity index (χ1n) is 4.41. The van der Waals surface area contributed by atoms with Crippen molar-refractivity contribution in [3.05, 3.63) is 24.1 Å². The van der Waals surface area contributed by atoms with Crippen molar-refractivity contribution >= 4 is 11.7 Å². The molecular formula is C9H12FN3O2. The molecule has 1 aromatic heterocycles. The molecule has 0 unspecified atom stereocenters. The second kappa shape index (κ2) is 6.05. The highest BCUT2D eigenvalue weighted by Crippen LogP contribution is 2.02. The summed E-state index contributed by atoms with van der Waals surface area (Å²) >= 11 is 0. The third-order valence-electron chi connectivity index (χ3n) is 1.49. The number of halogens is 1. The summed E-state index contributed by atoms with van der Waals surface area (Å²) in [6.45, 7) is 0.600. The maximum absolute atomic E-state index is 12.5. The highest BCUT2D eigenvalue weighted by molar-refractivity contribution is 5.90. The summed E-state index contributed by atoms with van der Waals surface area (Å²) in [5.41, 5.74) is 5.17. The molecule has 0 aliphatic rings. The van der Waals surface area contributed by atoms with E-state index >= 15 is 0 Å². The van der Waals surface area contributed by atoms with E-state index in [1.165, 1.54) is 12.1 Å². The van der Waals surface area contributed by atoms with E-state index in [1.54, 1.807) is 0 Å². The summed E-state index contributed by atoms with van der Waals surface area (Å²) in [6, 6.07) is 2.58. The Morgan fingerprint density at radius 2 is 2.40 bits per heavy atom. The van der Waals surface area contributed by atoms with E-state index in [4.69, 9.17) is 10.5 Å². The van der Waals surface area contributed by atoms with Crippen LogP contribution in [0.1, 0.15) is 0 Å². The first kappa shape index (κ1) is 11.5. The fourth-order valence-electron chi connectivity index (χ4n) is 0.877. The molecule has 0 aliphatic carbocycles. The highest BCUT2D eigenvalue weighted by atomic mass is 19.1. The molecule has 0 saturated heterocycles. The molecule has 1 heterocycles. The van der Waals surface area contributed by atoms with E-state index in [0.717, 1.165) is 6.20 Å². The van der Waals surface area contributed by atoms with Crippen LogP contribution in [0, 0.1) is 5.82 Å². The van der Waals surface area contributed by atoms with Crippen molar-refractivity contribution in [2.75, 3.05) is 25.1 Å². The fourth-order valence-corrected chi connectivity index (χ4v) is 0.877. The maximum atomic E-state index is 12.5. The molecule has 0 bridgehead atoms. The molecule has 1 amide bonds. The topological polar surface area (TPSA) is 77.2 Å². The average Bonchev–Trinajstić information content (AvgIpc) is 2.22. The number of nitrogens with one attached hydrogen (secondary N) is 1. The van der Waals surface area contributed by atoms with E-state index < -0.39 is 5.82 Å². The number of hydrogen-bond donors (Lipinski definition) is 2. The first-order chi connectivity index (χ1) is 7.22. The Kier molecular flexibility index (Phi) is 4.65. The van der Waals surface area contributed by atoms with Crippen LogP contribution in [0.3, 0.4) is 0 Å². The number of pyridine rings is 1. The lowest BCUT2D eigenvalue weighted by Gasteiger charge is -2.04. The number of anilines is 1. The molecule has 0 radical (unpaired) electrons. The Balaban J connectivity index is 2.34. The molecule has 6 heteroatoms. The second-order valence-electron chi connectivity index (χ2n) is 2.75. The van der Waals surface area contributed by atoms with Crippen molar-refractivity contribution in [2.45, 2.75) is 0 Å². The molecule has 5 nitrogen and oxygen atoms in total. The lowest BCUT2D eigenvalue weighted by Crippen LogP contribution is -2.21. The number of carbonyl (C=O) groups is 1. The molecule has 0 aromatic carbocycles. The van der Waals surface area contributed by atoms with Crippen LogP contribution in [0.25, 0.3) is 0 Å². The summed E-state index contributed by atoms with van der Waals surface area (Å²) in [6.07, 6.45) is 1.02. The van der Waals surface area contributed by atoms with Crippen LogP contribution < -0.4 is 11.1 Å². The Morgan fingerprint density at radius 3 is 3.00 bits per heavy atom. The van der Waals surface area contributed by atoms with Crippen LogP contribution >= 0.6 is 0 Å². The van der Waals surface area contributed by atoms with Gasteiger partial charge in [0.25, 0.3) is 5.91 Å². The first-order valence-corrected chi connectivity index (χ1v) is 4.41. The predicted octanol–water partition coefficient (Wildman–Crippen LogP) is 0.134. The molecule has 0 aliphatic heterocycles. The van der Waals surface area contributed by atoms with E-state index in [-0.39, 0.29) is 18.3 Å². The predicted molar refractivity (Wildman–Crippen MR) is 52.7 cm³/mol. The minimum absolute atomic E-state index is 0.0870. The third-order valence-corrected chi connectivity index (χ3v) is 1.49. The Morgan fingerprint density at radius 1 is 1.60 bits per heavy atom. The monoisotopic (exact) mass is 213 g/mol. The van der Waals surface area contributed by atoms with Gasteiger partial charge < -0.3 is 15.8 Å². The smallest absolute Gasteiger partial charge is 0.251 e. The van der Waals surface area contributed by atoms with Gasteiger partial charge in [-0.1, -0.05) is 0 Å². The van der Waals surface area contributed by atoms with Crippen LogP contribution in [0.15, 0.2) is 18.3 Å². The Bertz CT molecular complexity index is 316. The number of carbonyl (C=O) groups excluding carboxylic acids is 1. The second-order valence-corrected chi connectivity index (χ2v) is 2.75.